The molecular formula is C12H11BrN2O2S. The number of hydrogen-bond donors (Lipinski definition) is 0. The molecule has 4 nitrogen and oxygen atoms in total. The fraction of sp³-hybridized carbons (Fsp3) is 0.500. The van der Waals surface area contributed by atoms with Gasteiger partial charge < -0.3 is 9.26 Å². The lowest BCUT2D eigenvalue weighted by molar-refractivity contribution is 0.0974. The van der Waals surface area contributed by atoms with Crippen molar-refractivity contribution in [3.8, 4) is 10.7 Å². The molecule has 2 aliphatic rings. The van der Waals surface area contributed by atoms with Crippen molar-refractivity contribution in [2.45, 2.75) is 37.4 Å². The number of aromatic nitrogens is 2. The van der Waals surface area contributed by atoms with Crippen LogP contribution in [-0.4, -0.2) is 22.3 Å². The van der Waals surface area contributed by atoms with Crippen LogP contribution in [0.4, 0.5) is 0 Å². The van der Waals surface area contributed by atoms with Crippen LogP contribution in [0.25, 0.3) is 10.7 Å². The van der Waals surface area contributed by atoms with Gasteiger partial charge in [0.1, 0.15) is 0 Å². The maximum absolute atomic E-state index is 5.83. The summed E-state index contributed by atoms with van der Waals surface area (Å²) in [5, 5.41) is 4.08. The molecular weight excluding hydrogens is 316 g/mol. The highest BCUT2D eigenvalue weighted by Crippen LogP contribution is 2.44. The van der Waals surface area contributed by atoms with E-state index in [2.05, 4.69) is 26.1 Å². The molecule has 3 atom stereocenters. The molecule has 6 heteroatoms. The fourth-order valence-electron chi connectivity index (χ4n) is 2.82. The number of rotatable bonds is 2. The van der Waals surface area contributed by atoms with Crippen LogP contribution in [0.3, 0.4) is 0 Å². The van der Waals surface area contributed by atoms with E-state index in [1.54, 1.807) is 11.3 Å². The lowest BCUT2D eigenvalue weighted by Crippen LogP contribution is -2.14. The van der Waals surface area contributed by atoms with Gasteiger partial charge in [-0.25, -0.2) is 0 Å². The molecule has 0 unspecified atom stereocenters. The SMILES string of the molecule is Brc1ccc(-c2noc([C@@H]3C[C@H]4CC[C@H]3O4)n2)s1. The van der Waals surface area contributed by atoms with Crippen molar-refractivity contribution in [1.29, 1.82) is 0 Å². The quantitative estimate of drug-likeness (QED) is 0.846. The van der Waals surface area contributed by atoms with Gasteiger partial charge in [-0.2, -0.15) is 4.98 Å². The summed E-state index contributed by atoms with van der Waals surface area (Å²) in [6.07, 6.45) is 4.03. The second-order valence-electron chi connectivity index (χ2n) is 4.78. The Morgan fingerprint density at radius 2 is 2.28 bits per heavy atom. The zero-order valence-corrected chi connectivity index (χ0v) is 11.9. The van der Waals surface area contributed by atoms with Crippen LogP contribution in [-0.2, 0) is 4.74 Å². The smallest absolute Gasteiger partial charge is 0.232 e. The average Bonchev–Trinajstić information content (AvgIpc) is 3.12. The molecule has 2 fully saturated rings. The van der Waals surface area contributed by atoms with Crippen molar-refractivity contribution in [3.05, 3.63) is 21.8 Å². The highest BCUT2D eigenvalue weighted by molar-refractivity contribution is 9.11. The Hall–Kier alpha value is -0.720. The van der Waals surface area contributed by atoms with Gasteiger partial charge in [0, 0.05) is 0 Å². The molecule has 0 amide bonds. The molecule has 0 saturated carbocycles. The summed E-state index contributed by atoms with van der Waals surface area (Å²) in [6.45, 7) is 0. The van der Waals surface area contributed by atoms with E-state index in [0.29, 0.717) is 24.0 Å². The second-order valence-corrected chi connectivity index (χ2v) is 7.24. The Balaban J connectivity index is 1.62. The first-order chi connectivity index (χ1) is 8.79. The van der Waals surface area contributed by atoms with Crippen LogP contribution in [0.5, 0.6) is 0 Å². The first-order valence-electron chi connectivity index (χ1n) is 6.04. The third-order valence-electron chi connectivity index (χ3n) is 3.66. The number of ether oxygens (including phenoxy) is 1. The molecule has 2 aromatic rings. The third kappa shape index (κ3) is 1.74. The Morgan fingerprint density at radius 1 is 1.33 bits per heavy atom. The number of halogens is 1. The minimum Gasteiger partial charge on any atom is -0.374 e. The number of fused-ring (bicyclic) bond motifs is 2. The van der Waals surface area contributed by atoms with Crippen LogP contribution in [0.2, 0.25) is 0 Å². The normalized spacial score (nSPS) is 30.2. The Bertz CT molecular complexity index is 582. The van der Waals surface area contributed by atoms with Crippen molar-refractivity contribution in [3.63, 3.8) is 0 Å². The Morgan fingerprint density at radius 3 is 2.94 bits per heavy atom. The maximum atomic E-state index is 5.83. The summed E-state index contributed by atoms with van der Waals surface area (Å²) in [5.74, 6) is 1.72. The van der Waals surface area contributed by atoms with E-state index in [9.17, 15) is 0 Å². The van der Waals surface area contributed by atoms with Crippen LogP contribution in [0.1, 0.15) is 31.1 Å². The van der Waals surface area contributed by atoms with Crippen molar-refractivity contribution >= 4 is 27.3 Å². The fourth-order valence-corrected chi connectivity index (χ4v) is 4.13. The molecule has 0 radical (unpaired) electrons. The minimum atomic E-state index is 0.290. The molecule has 2 aliphatic heterocycles. The van der Waals surface area contributed by atoms with Gasteiger partial charge in [-0.15, -0.1) is 11.3 Å². The second kappa shape index (κ2) is 4.15. The Kier molecular flexibility index (Phi) is 2.56. The van der Waals surface area contributed by atoms with Gasteiger partial charge in [0.2, 0.25) is 11.7 Å². The van der Waals surface area contributed by atoms with E-state index in [-0.39, 0.29) is 0 Å². The van der Waals surface area contributed by atoms with Crippen molar-refractivity contribution < 1.29 is 9.26 Å². The predicted molar refractivity (Wildman–Crippen MR) is 70.6 cm³/mol. The van der Waals surface area contributed by atoms with Gasteiger partial charge in [0.15, 0.2) is 0 Å². The molecule has 4 heterocycles. The van der Waals surface area contributed by atoms with E-state index >= 15 is 0 Å². The Labute approximate surface area is 116 Å². The van der Waals surface area contributed by atoms with Gasteiger partial charge in [0.25, 0.3) is 0 Å². The molecule has 2 bridgehead atoms. The van der Waals surface area contributed by atoms with Gasteiger partial charge >= 0.3 is 0 Å². The molecule has 0 spiro atoms. The monoisotopic (exact) mass is 326 g/mol. The van der Waals surface area contributed by atoms with E-state index in [0.717, 1.165) is 27.4 Å². The summed E-state index contributed by atoms with van der Waals surface area (Å²) >= 11 is 5.05. The molecule has 2 saturated heterocycles. The van der Waals surface area contributed by atoms with Crippen LogP contribution < -0.4 is 0 Å². The van der Waals surface area contributed by atoms with Gasteiger partial charge in [-0.05, 0) is 47.3 Å². The minimum absolute atomic E-state index is 0.290. The number of hydrogen-bond acceptors (Lipinski definition) is 5. The summed E-state index contributed by atoms with van der Waals surface area (Å²) in [6, 6.07) is 4.00. The first kappa shape index (κ1) is 11.1. The molecule has 4 rings (SSSR count). The third-order valence-corrected chi connectivity index (χ3v) is 5.28. The van der Waals surface area contributed by atoms with E-state index in [1.807, 2.05) is 12.1 Å². The van der Waals surface area contributed by atoms with Crippen LogP contribution in [0.15, 0.2) is 20.4 Å². The van der Waals surface area contributed by atoms with Crippen LogP contribution >= 0.6 is 27.3 Å². The van der Waals surface area contributed by atoms with Gasteiger partial charge in [0.05, 0.1) is 26.8 Å². The van der Waals surface area contributed by atoms with E-state index < -0.39 is 0 Å². The molecule has 0 N–H and O–H groups in total. The van der Waals surface area contributed by atoms with Gasteiger partial charge in [-0.1, -0.05) is 5.16 Å². The largest absolute Gasteiger partial charge is 0.374 e. The van der Waals surface area contributed by atoms with Gasteiger partial charge in [-0.3, -0.25) is 0 Å². The topological polar surface area (TPSA) is 48.2 Å². The highest BCUT2D eigenvalue weighted by atomic mass is 79.9. The molecule has 0 aromatic carbocycles. The van der Waals surface area contributed by atoms with E-state index in [1.165, 1.54) is 6.42 Å². The van der Waals surface area contributed by atoms with Crippen molar-refractivity contribution in [2.75, 3.05) is 0 Å². The van der Waals surface area contributed by atoms with E-state index in [4.69, 9.17) is 9.26 Å². The maximum Gasteiger partial charge on any atom is 0.232 e. The number of thiophene rings is 1. The summed E-state index contributed by atoms with van der Waals surface area (Å²) in [5.41, 5.74) is 0. The zero-order chi connectivity index (χ0) is 12.1. The van der Waals surface area contributed by atoms with Crippen molar-refractivity contribution in [1.82, 2.24) is 10.1 Å². The molecule has 0 aliphatic carbocycles. The number of nitrogens with zero attached hydrogens (tertiary/aromatic N) is 2. The first-order valence-corrected chi connectivity index (χ1v) is 7.65. The highest BCUT2D eigenvalue weighted by Gasteiger charge is 2.44. The zero-order valence-electron chi connectivity index (χ0n) is 9.51. The predicted octanol–water partition coefficient (Wildman–Crippen LogP) is 3.60. The molecule has 94 valence electrons. The molecule has 2 aromatic heterocycles. The summed E-state index contributed by atoms with van der Waals surface area (Å²) < 4.78 is 12.3. The summed E-state index contributed by atoms with van der Waals surface area (Å²) in [4.78, 5) is 5.56. The lowest BCUT2D eigenvalue weighted by Gasteiger charge is -2.13. The summed E-state index contributed by atoms with van der Waals surface area (Å²) in [7, 11) is 0. The van der Waals surface area contributed by atoms with Crippen LogP contribution in [0, 0.1) is 0 Å². The van der Waals surface area contributed by atoms with Crippen molar-refractivity contribution in [2.24, 2.45) is 0 Å². The standard InChI is InChI=1S/C12H11BrN2O2S/c13-10-4-3-9(18-10)11-14-12(17-15-11)7-5-6-1-2-8(7)16-6/h3-4,6-8H,1-2,5H2/t6-,7-,8-/m1/s1. The molecule has 18 heavy (non-hydrogen) atoms. The average molecular weight is 327 g/mol. The lowest BCUT2D eigenvalue weighted by atomic mass is 9.89.